The Morgan fingerprint density at radius 1 is 1.28 bits per heavy atom. The zero-order valence-corrected chi connectivity index (χ0v) is 10.9. The van der Waals surface area contributed by atoms with Gasteiger partial charge in [0, 0.05) is 18.9 Å². The first-order chi connectivity index (χ1) is 8.77. The van der Waals surface area contributed by atoms with Crippen molar-refractivity contribution in [2.45, 2.75) is 39.3 Å². The van der Waals surface area contributed by atoms with E-state index in [9.17, 15) is 5.11 Å². The van der Waals surface area contributed by atoms with E-state index in [1.54, 1.807) is 12.4 Å². The van der Waals surface area contributed by atoms with Crippen LogP contribution < -0.4 is 0 Å². The lowest BCUT2D eigenvalue weighted by Crippen LogP contribution is -2.12. The summed E-state index contributed by atoms with van der Waals surface area (Å²) in [5.74, 6) is 0. The summed E-state index contributed by atoms with van der Waals surface area (Å²) in [7, 11) is 0. The predicted octanol–water partition coefficient (Wildman–Crippen LogP) is 2.33. The van der Waals surface area contributed by atoms with E-state index in [1.807, 2.05) is 22.9 Å². The van der Waals surface area contributed by atoms with Crippen molar-refractivity contribution in [3.8, 4) is 0 Å². The summed E-state index contributed by atoms with van der Waals surface area (Å²) in [5.41, 5.74) is 2.62. The highest BCUT2D eigenvalue weighted by atomic mass is 16.3. The third-order valence-corrected chi connectivity index (χ3v) is 3.03. The third kappa shape index (κ3) is 2.43. The predicted molar refractivity (Wildman–Crippen MR) is 70.2 cm³/mol. The molecular formula is C14H19N3O. The first kappa shape index (κ1) is 12.8. The van der Waals surface area contributed by atoms with Gasteiger partial charge in [0.05, 0.1) is 11.4 Å². The zero-order valence-electron chi connectivity index (χ0n) is 10.9. The SMILES string of the molecule is CCCn1nccc1C(O)c1ncccc1CC. The second-order valence-electron chi connectivity index (χ2n) is 4.28. The Morgan fingerprint density at radius 2 is 2.11 bits per heavy atom. The molecule has 1 unspecified atom stereocenters. The molecule has 0 saturated carbocycles. The fourth-order valence-electron chi connectivity index (χ4n) is 2.11. The summed E-state index contributed by atoms with van der Waals surface area (Å²) < 4.78 is 1.85. The van der Waals surface area contributed by atoms with Gasteiger partial charge in [-0.05, 0) is 30.5 Å². The molecule has 0 bridgehead atoms. The number of aliphatic hydroxyl groups is 1. The summed E-state index contributed by atoms with van der Waals surface area (Å²) in [6.45, 7) is 4.97. The lowest BCUT2D eigenvalue weighted by Gasteiger charge is -2.15. The highest BCUT2D eigenvalue weighted by molar-refractivity contribution is 5.27. The molecule has 4 nitrogen and oxygen atoms in total. The van der Waals surface area contributed by atoms with Gasteiger partial charge >= 0.3 is 0 Å². The number of aryl methyl sites for hydroxylation is 2. The summed E-state index contributed by atoms with van der Waals surface area (Å²) in [6.07, 6.45) is 4.60. The lowest BCUT2D eigenvalue weighted by molar-refractivity contribution is 0.201. The van der Waals surface area contributed by atoms with Crippen molar-refractivity contribution in [1.29, 1.82) is 0 Å². The van der Waals surface area contributed by atoms with Gasteiger partial charge < -0.3 is 5.11 Å². The number of nitrogens with zero attached hydrogens (tertiary/aromatic N) is 3. The van der Waals surface area contributed by atoms with Crippen LogP contribution in [-0.2, 0) is 13.0 Å². The summed E-state index contributed by atoms with van der Waals surface area (Å²) in [6, 6.07) is 5.76. The van der Waals surface area contributed by atoms with Crippen molar-refractivity contribution in [2.24, 2.45) is 0 Å². The fraction of sp³-hybridized carbons (Fsp3) is 0.429. The highest BCUT2D eigenvalue weighted by Gasteiger charge is 2.18. The van der Waals surface area contributed by atoms with Crippen LogP contribution >= 0.6 is 0 Å². The van der Waals surface area contributed by atoms with Gasteiger partial charge in [0.1, 0.15) is 6.10 Å². The molecule has 18 heavy (non-hydrogen) atoms. The molecule has 96 valence electrons. The molecule has 0 aliphatic carbocycles. The Hall–Kier alpha value is -1.68. The monoisotopic (exact) mass is 245 g/mol. The maximum absolute atomic E-state index is 10.5. The summed E-state index contributed by atoms with van der Waals surface area (Å²) in [4.78, 5) is 4.32. The van der Waals surface area contributed by atoms with E-state index in [4.69, 9.17) is 0 Å². The molecule has 0 aliphatic heterocycles. The molecule has 1 atom stereocenters. The van der Waals surface area contributed by atoms with Crippen molar-refractivity contribution in [1.82, 2.24) is 14.8 Å². The first-order valence-electron chi connectivity index (χ1n) is 6.41. The van der Waals surface area contributed by atoms with Crippen molar-refractivity contribution < 1.29 is 5.11 Å². The van der Waals surface area contributed by atoms with Crippen LogP contribution in [0.25, 0.3) is 0 Å². The minimum Gasteiger partial charge on any atom is -0.380 e. The Kier molecular flexibility index (Phi) is 4.10. The molecule has 0 radical (unpaired) electrons. The van der Waals surface area contributed by atoms with Gasteiger partial charge in [0.25, 0.3) is 0 Å². The largest absolute Gasteiger partial charge is 0.380 e. The molecule has 0 aromatic carbocycles. The van der Waals surface area contributed by atoms with Gasteiger partial charge in [-0.3, -0.25) is 9.67 Å². The molecular weight excluding hydrogens is 226 g/mol. The van der Waals surface area contributed by atoms with Crippen LogP contribution in [-0.4, -0.2) is 19.9 Å². The van der Waals surface area contributed by atoms with E-state index >= 15 is 0 Å². The first-order valence-corrected chi connectivity index (χ1v) is 6.41. The van der Waals surface area contributed by atoms with Crippen LogP contribution in [0.5, 0.6) is 0 Å². The van der Waals surface area contributed by atoms with Gasteiger partial charge in [-0.25, -0.2) is 0 Å². The number of hydrogen-bond acceptors (Lipinski definition) is 3. The van der Waals surface area contributed by atoms with Gasteiger partial charge in [-0.1, -0.05) is 19.9 Å². The lowest BCUT2D eigenvalue weighted by atomic mass is 10.0. The molecule has 4 heteroatoms. The maximum Gasteiger partial charge on any atom is 0.138 e. The van der Waals surface area contributed by atoms with E-state index in [0.717, 1.165) is 36.3 Å². The fourth-order valence-corrected chi connectivity index (χ4v) is 2.11. The van der Waals surface area contributed by atoms with Crippen LogP contribution in [0.3, 0.4) is 0 Å². The topological polar surface area (TPSA) is 50.9 Å². The molecule has 2 heterocycles. The highest BCUT2D eigenvalue weighted by Crippen LogP contribution is 2.23. The summed E-state index contributed by atoms with van der Waals surface area (Å²) >= 11 is 0. The molecule has 2 aromatic heterocycles. The number of hydrogen-bond donors (Lipinski definition) is 1. The van der Waals surface area contributed by atoms with Crippen molar-refractivity contribution in [3.05, 3.63) is 47.5 Å². The molecule has 2 aromatic rings. The van der Waals surface area contributed by atoms with Gasteiger partial charge in [0.2, 0.25) is 0 Å². The number of aromatic nitrogens is 3. The van der Waals surface area contributed by atoms with Crippen molar-refractivity contribution in [3.63, 3.8) is 0 Å². The Balaban J connectivity index is 2.35. The molecule has 0 aliphatic rings. The third-order valence-electron chi connectivity index (χ3n) is 3.03. The van der Waals surface area contributed by atoms with E-state index in [1.165, 1.54) is 0 Å². The smallest absolute Gasteiger partial charge is 0.138 e. The van der Waals surface area contributed by atoms with Gasteiger partial charge in [-0.2, -0.15) is 5.10 Å². The molecule has 0 fully saturated rings. The van der Waals surface area contributed by atoms with Crippen LogP contribution in [0, 0.1) is 0 Å². The standard InChI is InChI=1S/C14H19N3O/c1-3-10-17-12(7-9-16-17)14(18)13-11(4-2)6-5-8-15-13/h5-9,14,18H,3-4,10H2,1-2H3. The van der Waals surface area contributed by atoms with Crippen molar-refractivity contribution >= 4 is 0 Å². The molecule has 2 rings (SSSR count). The molecule has 0 saturated heterocycles. The van der Waals surface area contributed by atoms with Crippen LogP contribution in [0.2, 0.25) is 0 Å². The number of pyridine rings is 1. The zero-order chi connectivity index (χ0) is 13.0. The van der Waals surface area contributed by atoms with E-state index in [2.05, 4.69) is 23.9 Å². The second-order valence-corrected chi connectivity index (χ2v) is 4.28. The molecule has 0 spiro atoms. The van der Waals surface area contributed by atoms with E-state index in [0.29, 0.717) is 0 Å². The van der Waals surface area contributed by atoms with Crippen LogP contribution in [0.15, 0.2) is 30.6 Å². The quantitative estimate of drug-likeness (QED) is 0.879. The molecule has 1 N–H and O–H groups in total. The summed E-state index contributed by atoms with van der Waals surface area (Å²) in [5, 5.41) is 14.7. The van der Waals surface area contributed by atoms with Crippen LogP contribution in [0.4, 0.5) is 0 Å². The number of rotatable bonds is 5. The minimum absolute atomic E-state index is 0.699. The molecule has 0 amide bonds. The minimum atomic E-state index is -0.699. The van der Waals surface area contributed by atoms with Crippen molar-refractivity contribution in [2.75, 3.05) is 0 Å². The maximum atomic E-state index is 10.5. The number of aliphatic hydroxyl groups excluding tert-OH is 1. The second kappa shape index (κ2) is 5.78. The van der Waals surface area contributed by atoms with E-state index in [-0.39, 0.29) is 0 Å². The van der Waals surface area contributed by atoms with E-state index < -0.39 is 6.10 Å². The Bertz CT molecular complexity index is 507. The normalized spacial score (nSPS) is 12.6. The van der Waals surface area contributed by atoms with Crippen LogP contribution in [0.1, 0.15) is 43.3 Å². The van der Waals surface area contributed by atoms with Gasteiger partial charge in [0.15, 0.2) is 0 Å². The average Bonchev–Trinajstić information content (AvgIpc) is 2.86. The Morgan fingerprint density at radius 3 is 2.83 bits per heavy atom. The van der Waals surface area contributed by atoms with Gasteiger partial charge in [-0.15, -0.1) is 0 Å². The average molecular weight is 245 g/mol. The Labute approximate surface area is 107 Å².